The third-order valence-corrected chi connectivity index (χ3v) is 5.90. The summed E-state index contributed by atoms with van der Waals surface area (Å²) in [7, 11) is 0. The standard InChI is InChI=1S/C20H18ClF2N3O4/c21-14-13(22)5-4-10(15(14)23)7-24-19(29)12-9-25-8-11-3-1-2-6-26(11)20(30)16(25)18(28)17(12)27/h4-5,9,11,28H,1-3,6-8H2,(H,24,29). The molecule has 0 spiro atoms. The molecule has 3 heterocycles. The molecule has 0 saturated carbocycles. The van der Waals surface area contributed by atoms with E-state index in [2.05, 4.69) is 5.32 Å². The Balaban J connectivity index is 1.62. The molecule has 10 heteroatoms. The maximum absolute atomic E-state index is 14.0. The first kappa shape index (κ1) is 20.3. The summed E-state index contributed by atoms with van der Waals surface area (Å²) in [5, 5.41) is 12.0. The molecule has 2 aliphatic rings. The van der Waals surface area contributed by atoms with Crippen LogP contribution in [-0.2, 0) is 13.1 Å². The van der Waals surface area contributed by atoms with E-state index in [0.717, 1.165) is 31.4 Å². The molecule has 2 amide bonds. The first-order chi connectivity index (χ1) is 14.3. The second kappa shape index (κ2) is 7.71. The molecule has 2 aliphatic heterocycles. The SMILES string of the molecule is O=C(NCc1ccc(F)c(Cl)c1F)c1cn2c(c(O)c1=O)C(=O)N1CCCCC1C2. The molecular weight excluding hydrogens is 420 g/mol. The molecule has 0 bridgehead atoms. The van der Waals surface area contributed by atoms with Crippen LogP contribution in [0.5, 0.6) is 5.75 Å². The monoisotopic (exact) mass is 437 g/mol. The minimum atomic E-state index is -1.01. The van der Waals surface area contributed by atoms with Gasteiger partial charge in [0.05, 0.1) is 0 Å². The average Bonchev–Trinajstić information content (AvgIpc) is 2.74. The average molecular weight is 438 g/mol. The lowest BCUT2D eigenvalue weighted by Gasteiger charge is -2.40. The van der Waals surface area contributed by atoms with Crippen LogP contribution in [0, 0.1) is 11.6 Å². The highest BCUT2D eigenvalue weighted by Gasteiger charge is 2.37. The van der Waals surface area contributed by atoms with Crippen LogP contribution in [0.25, 0.3) is 0 Å². The fourth-order valence-corrected chi connectivity index (χ4v) is 4.16. The largest absolute Gasteiger partial charge is 0.503 e. The fraction of sp³-hybridized carbons (Fsp3) is 0.350. The van der Waals surface area contributed by atoms with E-state index in [1.54, 1.807) is 4.90 Å². The normalized spacial score (nSPS) is 18.0. The minimum Gasteiger partial charge on any atom is -0.503 e. The number of nitrogens with one attached hydrogen (secondary N) is 1. The number of pyridine rings is 1. The van der Waals surface area contributed by atoms with Crippen LogP contribution in [0.2, 0.25) is 5.02 Å². The molecule has 1 fully saturated rings. The predicted molar refractivity (Wildman–Crippen MR) is 104 cm³/mol. The third-order valence-electron chi connectivity index (χ3n) is 5.55. The van der Waals surface area contributed by atoms with E-state index in [9.17, 15) is 28.3 Å². The molecule has 1 aromatic carbocycles. The topological polar surface area (TPSA) is 91.6 Å². The number of rotatable bonds is 3. The van der Waals surface area contributed by atoms with E-state index in [4.69, 9.17) is 11.6 Å². The number of fused-ring (bicyclic) bond motifs is 2. The first-order valence-electron chi connectivity index (χ1n) is 9.47. The van der Waals surface area contributed by atoms with Crippen molar-refractivity contribution < 1.29 is 23.5 Å². The fourth-order valence-electron chi connectivity index (χ4n) is 3.97. The maximum atomic E-state index is 14.0. The molecular formula is C20H18ClF2N3O4. The Morgan fingerprint density at radius 1 is 1.27 bits per heavy atom. The van der Waals surface area contributed by atoms with E-state index >= 15 is 0 Å². The van der Waals surface area contributed by atoms with E-state index in [1.165, 1.54) is 10.8 Å². The number of nitrogens with zero attached hydrogens (tertiary/aromatic N) is 2. The zero-order valence-corrected chi connectivity index (χ0v) is 16.5. The van der Waals surface area contributed by atoms with Crippen LogP contribution in [0.4, 0.5) is 8.78 Å². The molecule has 1 saturated heterocycles. The van der Waals surface area contributed by atoms with Gasteiger partial charge < -0.3 is 19.9 Å². The third kappa shape index (κ3) is 3.32. The lowest BCUT2D eigenvalue weighted by atomic mass is 9.98. The van der Waals surface area contributed by atoms with Gasteiger partial charge in [-0.25, -0.2) is 8.78 Å². The lowest BCUT2D eigenvalue weighted by molar-refractivity contribution is 0.0504. The summed E-state index contributed by atoms with van der Waals surface area (Å²) in [6.45, 7) is 0.574. The highest BCUT2D eigenvalue weighted by Crippen LogP contribution is 2.29. The molecule has 1 unspecified atom stereocenters. The van der Waals surface area contributed by atoms with Crippen LogP contribution in [-0.4, -0.2) is 39.0 Å². The van der Waals surface area contributed by atoms with Gasteiger partial charge in [0, 0.05) is 37.4 Å². The second-order valence-electron chi connectivity index (χ2n) is 7.39. The van der Waals surface area contributed by atoms with E-state index in [1.807, 2.05) is 0 Å². The van der Waals surface area contributed by atoms with Crippen molar-refractivity contribution >= 4 is 23.4 Å². The van der Waals surface area contributed by atoms with Gasteiger partial charge in [0.1, 0.15) is 22.2 Å². The van der Waals surface area contributed by atoms with Gasteiger partial charge in [-0.05, 0) is 25.3 Å². The van der Waals surface area contributed by atoms with Crippen LogP contribution in [0.3, 0.4) is 0 Å². The van der Waals surface area contributed by atoms with Crippen LogP contribution in [0.1, 0.15) is 45.7 Å². The molecule has 7 nitrogen and oxygen atoms in total. The van der Waals surface area contributed by atoms with Gasteiger partial charge in [-0.15, -0.1) is 0 Å². The van der Waals surface area contributed by atoms with Gasteiger partial charge in [0.15, 0.2) is 11.4 Å². The maximum Gasteiger partial charge on any atom is 0.274 e. The van der Waals surface area contributed by atoms with Crippen molar-refractivity contribution in [2.24, 2.45) is 0 Å². The summed E-state index contributed by atoms with van der Waals surface area (Å²) in [4.78, 5) is 39.5. The van der Waals surface area contributed by atoms with Crippen molar-refractivity contribution in [2.45, 2.75) is 38.4 Å². The number of halogens is 3. The summed E-state index contributed by atoms with van der Waals surface area (Å²) in [5.41, 5.74) is -1.56. The van der Waals surface area contributed by atoms with E-state index in [0.29, 0.717) is 13.1 Å². The molecule has 4 rings (SSSR count). The Morgan fingerprint density at radius 2 is 2.03 bits per heavy atom. The quantitative estimate of drug-likeness (QED) is 0.721. The number of amides is 2. The summed E-state index contributed by atoms with van der Waals surface area (Å²) < 4.78 is 28.7. The summed E-state index contributed by atoms with van der Waals surface area (Å²) in [6, 6.07) is 2.03. The van der Waals surface area contributed by atoms with Crippen molar-refractivity contribution in [2.75, 3.05) is 6.54 Å². The van der Waals surface area contributed by atoms with Crippen molar-refractivity contribution in [3.05, 3.63) is 62.0 Å². The zero-order chi connectivity index (χ0) is 21.6. The smallest absolute Gasteiger partial charge is 0.274 e. The Labute approximate surface area is 174 Å². The molecule has 0 radical (unpaired) electrons. The van der Waals surface area contributed by atoms with E-state index < -0.39 is 39.6 Å². The molecule has 1 aromatic heterocycles. The first-order valence-corrected chi connectivity index (χ1v) is 9.85. The summed E-state index contributed by atoms with van der Waals surface area (Å²) in [6.07, 6.45) is 3.86. The molecule has 2 N–H and O–H groups in total. The number of hydrogen-bond acceptors (Lipinski definition) is 4. The van der Waals surface area contributed by atoms with Gasteiger partial charge in [0.25, 0.3) is 11.8 Å². The molecule has 0 aliphatic carbocycles. The van der Waals surface area contributed by atoms with Gasteiger partial charge in [0.2, 0.25) is 5.43 Å². The summed E-state index contributed by atoms with van der Waals surface area (Å²) in [5.74, 6) is -4.01. The number of piperidine rings is 1. The number of aromatic hydroxyl groups is 1. The summed E-state index contributed by atoms with van der Waals surface area (Å²) >= 11 is 5.53. The number of aromatic nitrogens is 1. The lowest BCUT2D eigenvalue weighted by Crippen LogP contribution is -2.51. The van der Waals surface area contributed by atoms with Gasteiger partial charge in [-0.2, -0.15) is 0 Å². The number of benzene rings is 1. The van der Waals surface area contributed by atoms with Gasteiger partial charge in [-0.1, -0.05) is 17.7 Å². The van der Waals surface area contributed by atoms with Crippen LogP contribution < -0.4 is 10.7 Å². The number of hydrogen-bond donors (Lipinski definition) is 2. The highest BCUT2D eigenvalue weighted by atomic mass is 35.5. The van der Waals surface area contributed by atoms with Gasteiger partial charge >= 0.3 is 0 Å². The molecule has 1 atom stereocenters. The van der Waals surface area contributed by atoms with Crippen molar-refractivity contribution in [3.63, 3.8) is 0 Å². The molecule has 2 aromatic rings. The Kier molecular flexibility index (Phi) is 5.23. The molecule has 30 heavy (non-hydrogen) atoms. The Bertz CT molecular complexity index is 1120. The minimum absolute atomic E-state index is 0.0629. The predicted octanol–water partition coefficient (Wildman–Crippen LogP) is 2.42. The Morgan fingerprint density at radius 3 is 2.80 bits per heavy atom. The van der Waals surface area contributed by atoms with Crippen molar-refractivity contribution in [1.82, 2.24) is 14.8 Å². The van der Waals surface area contributed by atoms with Crippen molar-refractivity contribution in [3.8, 4) is 5.75 Å². The number of carbonyl (C=O) groups is 2. The zero-order valence-electron chi connectivity index (χ0n) is 15.8. The van der Waals surface area contributed by atoms with Gasteiger partial charge in [-0.3, -0.25) is 14.4 Å². The Hall–Kier alpha value is -2.94. The van der Waals surface area contributed by atoms with Crippen molar-refractivity contribution in [1.29, 1.82) is 0 Å². The second-order valence-corrected chi connectivity index (χ2v) is 7.76. The number of carbonyl (C=O) groups excluding carboxylic acids is 2. The molecule has 158 valence electrons. The van der Waals surface area contributed by atoms with E-state index in [-0.39, 0.29) is 29.4 Å². The highest BCUT2D eigenvalue weighted by molar-refractivity contribution is 6.30. The van der Waals surface area contributed by atoms with Crippen LogP contribution in [0.15, 0.2) is 23.1 Å². The van der Waals surface area contributed by atoms with Crippen LogP contribution >= 0.6 is 11.6 Å².